The van der Waals surface area contributed by atoms with Crippen molar-refractivity contribution >= 4 is 11.7 Å². The number of carbonyl (C=O) groups is 2. The zero-order valence-electron chi connectivity index (χ0n) is 15.5. The predicted molar refractivity (Wildman–Crippen MR) is 97.8 cm³/mol. The number of halogens is 1. The highest BCUT2D eigenvalue weighted by molar-refractivity contribution is 6.36. The number of amides is 1. The number of hydrogen-bond acceptors (Lipinski definition) is 4. The van der Waals surface area contributed by atoms with Gasteiger partial charge in [0, 0.05) is 38.0 Å². The molecule has 142 valence electrons. The first kappa shape index (κ1) is 19.0. The lowest BCUT2D eigenvalue weighted by atomic mass is 9.81. The summed E-state index contributed by atoms with van der Waals surface area (Å²) in [5, 5.41) is 0. The van der Waals surface area contributed by atoms with Crippen LogP contribution >= 0.6 is 0 Å². The lowest BCUT2D eigenvalue weighted by molar-refractivity contribution is -0.146. The van der Waals surface area contributed by atoms with Gasteiger partial charge in [-0.15, -0.1) is 0 Å². The van der Waals surface area contributed by atoms with Gasteiger partial charge in [-0.05, 0) is 42.4 Å². The van der Waals surface area contributed by atoms with E-state index in [9.17, 15) is 14.0 Å². The van der Waals surface area contributed by atoms with Gasteiger partial charge in [-0.3, -0.25) is 20.4 Å². The van der Waals surface area contributed by atoms with E-state index in [1.807, 2.05) is 26.0 Å². The summed E-state index contributed by atoms with van der Waals surface area (Å²) in [7, 11) is 0. The van der Waals surface area contributed by atoms with Crippen LogP contribution in [-0.4, -0.2) is 42.3 Å². The van der Waals surface area contributed by atoms with Crippen LogP contribution in [0.4, 0.5) is 4.39 Å². The smallest absolute Gasteiger partial charge is 0.289 e. The van der Waals surface area contributed by atoms with Crippen molar-refractivity contribution in [2.24, 2.45) is 11.8 Å². The fraction of sp³-hybridized carbons (Fsp3) is 0.600. The Morgan fingerprint density at radius 3 is 2.69 bits per heavy atom. The number of nitrogens with zero attached hydrogens (tertiary/aromatic N) is 1. The SMILES string of the molecule is CC(C)CC(=O)C(=O)N1CCCC(C2NNCC2c2ccc(F)cc2)C1. The first-order valence-electron chi connectivity index (χ1n) is 9.51. The number of Topliss-reactive ketones (excluding diaryl/α,β-unsaturated/α-hetero) is 1. The summed E-state index contributed by atoms with van der Waals surface area (Å²) in [5.74, 6) is -0.175. The Labute approximate surface area is 154 Å². The zero-order chi connectivity index (χ0) is 18.7. The van der Waals surface area contributed by atoms with Gasteiger partial charge in [-0.25, -0.2) is 4.39 Å². The van der Waals surface area contributed by atoms with Crippen molar-refractivity contribution in [2.75, 3.05) is 19.6 Å². The molecule has 6 heteroatoms. The molecule has 3 atom stereocenters. The number of piperidine rings is 1. The van der Waals surface area contributed by atoms with Crippen molar-refractivity contribution in [3.05, 3.63) is 35.6 Å². The molecule has 26 heavy (non-hydrogen) atoms. The molecule has 2 aliphatic heterocycles. The van der Waals surface area contributed by atoms with Gasteiger partial charge in [0.25, 0.3) is 5.91 Å². The maximum Gasteiger partial charge on any atom is 0.289 e. The first-order chi connectivity index (χ1) is 12.5. The highest BCUT2D eigenvalue weighted by atomic mass is 19.1. The molecule has 1 amide bonds. The van der Waals surface area contributed by atoms with Crippen LogP contribution in [0.2, 0.25) is 0 Å². The van der Waals surface area contributed by atoms with Crippen molar-refractivity contribution < 1.29 is 14.0 Å². The van der Waals surface area contributed by atoms with E-state index in [0.29, 0.717) is 19.5 Å². The summed E-state index contributed by atoms with van der Waals surface area (Å²) in [6, 6.07) is 6.81. The number of hydrogen-bond donors (Lipinski definition) is 2. The van der Waals surface area contributed by atoms with Crippen molar-refractivity contribution in [1.82, 2.24) is 15.8 Å². The van der Waals surface area contributed by atoms with E-state index in [1.165, 1.54) is 12.1 Å². The summed E-state index contributed by atoms with van der Waals surface area (Å²) in [6.45, 7) is 5.92. The Kier molecular flexibility index (Phi) is 6.04. The number of likely N-dealkylation sites (tertiary alicyclic amines) is 1. The van der Waals surface area contributed by atoms with E-state index in [-0.39, 0.29) is 41.3 Å². The molecule has 1 aromatic rings. The minimum Gasteiger partial charge on any atom is -0.336 e. The Morgan fingerprint density at radius 2 is 2.00 bits per heavy atom. The third-order valence-electron chi connectivity index (χ3n) is 5.41. The molecule has 0 saturated carbocycles. The number of nitrogens with one attached hydrogen (secondary N) is 2. The van der Waals surface area contributed by atoms with Crippen LogP contribution in [0.1, 0.15) is 44.6 Å². The normalized spacial score (nSPS) is 26.3. The number of hydrazine groups is 1. The highest BCUT2D eigenvalue weighted by Gasteiger charge is 2.38. The van der Waals surface area contributed by atoms with Crippen molar-refractivity contribution in [2.45, 2.75) is 45.1 Å². The standard InChI is InChI=1S/C20H28FN3O2/c1-13(2)10-18(25)20(26)24-9-3-4-15(12-24)19-17(11-22-23-19)14-5-7-16(21)8-6-14/h5-8,13,15,17,19,22-23H,3-4,9-12H2,1-2H3. The lowest BCUT2D eigenvalue weighted by Gasteiger charge is -2.37. The molecule has 0 spiro atoms. The topological polar surface area (TPSA) is 61.4 Å². The third kappa shape index (κ3) is 4.30. The quantitative estimate of drug-likeness (QED) is 0.790. The summed E-state index contributed by atoms with van der Waals surface area (Å²) >= 11 is 0. The van der Waals surface area contributed by atoms with Gasteiger partial charge in [0.2, 0.25) is 5.78 Å². The van der Waals surface area contributed by atoms with E-state index in [1.54, 1.807) is 4.90 Å². The minimum absolute atomic E-state index is 0.163. The summed E-state index contributed by atoms with van der Waals surface area (Å²) in [5.41, 5.74) is 7.65. The fourth-order valence-electron chi connectivity index (χ4n) is 4.12. The summed E-state index contributed by atoms with van der Waals surface area (Å²) in [4.78, 5) is 26.3. The van der Waals surface area contributed by atoms with E-state index in [0.717, 1.165) is 24.9 Å². The molecule has 3 unspecified atom stereocenters. The predicted octanol–water partition coefficient (Wildman–Crippen LogP) is 2.24. The van der Waals surface area contributed by atoms with Crippen molar-refractivity contribution in [1.29, 1.82) is 0 Å². The van der Waals surface area contributed by atoms with E-state index < -0.39 is 0 Å². The van der Waals surface area contributed by atoms with Gasteiger partial charge in [0.1, 0.15) is 5.82 Å². The largest absolute Gasteiger partial charge is 0.336 e. The van der Waals surface area contributed by atoms with Crippen LogP contribution < -0.4 is 10.9 Å². The van der Waals surface area contributed by atoms with Crippen LogP contribution in [0.3, 0.4) is 0 Å². The molecule has 0 aliphatic carbocycles. The number of ketones is 1. The molecule has 3 rings (SSSR count). The van der Waals surface area contributed by atoms with Gasteiger partial charge in [0.15, 0.2) is 0 Å². The second-order valence-electron chi connectivity index (χ2n) is 7.88. The van der Waals surface area contributed by atoms with Crippen LogP contribution in [0.15, 0.2) is 24.3 Å². The average Bonchev–Trinajstić information content (AvgIpc) is 3.11. The number of rotatable bonds is 5. The average molecular weight is 361 g/mol. The Morgan fingerprint density at radius 1 is 1.27 bits per heavy atom. The Hall–Kier alpha value is -1.79. The Bertz CT molecular complexity index is 647. The van der Waals surface area contributed by atoms with E-state index >= 15 is 0 Å². The molecule has 2 N–H and O–H groups in total. The van der Waals surface area contributed by atoms with Gasteiger partial charge in [-0.1, -0.05) is 26.0 Å². The second kappa shape index (κ2) is 8.27. The number of carbonyl (C=O) groups excluding carboxylic acids is 2. The molecule has 2 saturated heterocycles. The summed E-state index contributed by atoms with van der Waals surface area (Å²) in [6.07, 6.45) is 2.22. The van der Waals surface area contributed by atoms with E-state index in [2.05, 4.69) is 10.9 Å². The minimum atomic E-state index is -0.340. The molecule has 0 radical (unpaired) electrons. The monoisotopic (exact) mass is 361 g/mol. The second-order valence-corrected chi connectivity index (χ2v) is 7.88. The molecule has 2 aliphatic rings. The van der Waals surface area contributed by atoms with E-state index in [4.69, 9.17) is 0 Å². The lowest BCUT2D eigenvalue weighted by Crippen LogP contribution is -2.49. The van der Waals surface area contributed by atoms with Crippen molar-refractivity contribution in [3.8, 4) is 0 Å². The van der Waals surface area contributed by atoms with Crippen LogP contribution in [0.5, 0.6) is 0 Å². The Balaban J connectivity index is 1.67. The highest BCUT2D eigenvalue weighted by Crippen LogP contribution is 2.31. The van der Waals surface area contributed by atoms with Gasteiger partial charge in [0.05, 0.1) is 0 Å². The van der Waals surface area contributed by atoms with Gasteiger partial charge >= 0.3 is 0 Å². The molecule has 0 aromatic heterocycles. The van der Waals surface area contributed by atoms with Crippen LogP contribution in [0.25, 0.3) is 0 Å². The van der Waals surface area contributed by atoms with Crippen molar-refractivity contribution in [3.63, 3.8) is 0 Å². The maximum absolute atomic E-state index is 13.2. The number of benzene rings is 1. The molecule has 2 heterocycles. The zero-order valence-corrected chi connectivity index (χ0v) is 15.5. The first-order valence-corrected chi connectivity index (χ1v) is 9.51. The van der Waals surface area contributed by atoms with Crippen LogP contribution in [-0.2, 0) is 9.59 Å². The summed E-state index contributed by atoms with van der Waals surface area (Å²) < 4.78 is 13.2. The molecule has 0 bridgehead atoms. The fourth-order valence-corrected chi connectivity index (χ4v) is 4.12. The molecule has 1 aromatic carbocycles. The van der Waals surface area contributed by atoms with Gasteiger partial charge < -0.3 is 4.90 Å². The molecular weight excluding hydrogens is 333 g/mol. The van der Waals surface area contributed by atoms with Crippen LogP contribution in [0, 0.1) is 17.7 Å². The maximum atomic E-state index is 13.2. The van der Waals surface area contributed by atoms with Gasteiger partial charge in [-0.2, -0.15) is 0 Å². The molecule has 2 fully saturated rings. The molecule has 5 nitrogen and oxygen atoms in total. The third-order valence-corrected chi connectivity index (χ3v) is 5.41. The molecular formula is C20H28FN3O2.